The lowest BCUT2D eigenvalue weighted by molar-refractivity contribution is -0.386. The van der Waals surface area contributed by atoms with E-state index in [4.69, 9.17) is 16.3 Å². The second-order valence-electron chi connectivity index (χ2n) is 3.26. The molecule has 0 aliphatic heterocycles. The minimum Gasteiger partial charge on any atom is -0.447 e. The molecular weight excluding hydrogens is 323 g/mol. The summed E-state index contributed by atoms with van der Waals surface area (Å²) < 4.78 is 5.86. The van der Waals surface area contributed by atoms with Crippen LogP contribution in [-0.2, 0) is 0 Å². The van der Waals surface area contributed by atoms with Gasteiger partial charge in [0, 0.05) is 6.20 Å². The molecule has 0 N–H and O–H groups in total. The van der Waals surface area contributed by atoms with Crippen LogP contribution in [0.2, 0.25) is 5.02 Å². The van der Waals surface area contributed by atoms with Crippen molar-refractivity contribution in [3.8, 4) is 11.5 Å². The van der Waals surface area contributed by atoms with E-state index in [0.29, 0.717) is 15.2 Å². The predicted molar refractivity (Wildman–Crippen MR) is 70.1 cm³/mol. The van der Waals surface area contributed by atoms with Crippen molar-refractivity contribution in [1.82, 2.24) is 4.98 Å². The smallest absolute Gasteiger partial charge is 0.330 e. The first-order chi connectivity index (χ1) is 8.59. The highest BCUT2D eigenvalue weighted by molar-refractivity contribution is 9.10. The quantitative estimate of drug-likeness (QED) is 0.625. The number of aromatic nitrogens is 1. The molecule has 0 amide bonds. The summed E-state index contributed by atoms with van der Waals surface area (Å²) in [6, 6.07) is 6.73. The molecule has 5 nitrogen and oxygen atoms in total. The van der Waals surface area contributed by atoms with E-state index in [-0.39, 0.29) is 11.4 Å². The number of para-hydroxylation sites is 1. The number of nitro groups is 1. The van der Waals surface area contributed by atoms with Gasteiger partial charge in [0.1, 0.15) is 11.9 Å². The maximum Gasteiger partial charge on any atom is 0.330 e. The van der Waals surface area contributed by atoms with Crippen molar-refractivity contribution in [2.45, 2.75) is 0 Å². The summed E-state index contributed by atoms with van der Waals surface area (Å²) in [5.41, 5.74) is -0.232. The fourth-order valence-corrected chi connectivity index (χ4v) is 1.86. The van der Waals surface area contributed by atoms with Crippen LogP contribution >= 0.6 is 27.5 Å². The first-order valence-electron chi connectivity index (χ1n) is 4.80. The monoisotopic (exact) mass is 328 g/mol. The van der Waals surface area contributed by atoms with Gasteiger partial charge in [0.15, 0.2) is 0 Å². The van der Waals surface area contributed by atoms with Crippen LogP contribution in [0.1, 0.15) is 0 Å². The highest BCUT2D eigenvalue weighted by Gasteiger charge is 2.20. The van der Waals surface area contributed by atoms with E-state index < -0.39 is 4.92 Å². The summed E-state index contributed by atoms with van der Waals surface area (Å²) in [6.45, 7) is 0. The molecule has 0 saturated heterocycles. The number of hydrogen-bond acceptors (Lipinski definition) is 4. The molecule has 0 atom stereocenters. The minimum absolute atomic E-state index is 0.0723. The SMILES string of the molecule is O=[N+]([O-])c1cncc(Br)c1Oc1ccccc1Cl. The zero-order valence-electron chi connectivity index (χ0n) is 8.84. The van der Waals surface area contributed by atoms with Gasteiger partial charge in [-0.2, -0.15) is 0 Å². The number of nitrogens with zero attached hydrogens (tertiary/aromatic N) is 2. The lowest BCUT2D eigenvalue weighted by Gasteiger charge is -2.08. The molecule has 1 aromatic heterocycles. The van der Waals surface area contributed by atoms with Gasteiger partial charge in [0.05, 0.1) is 14.4 Å². The van der Waals surface area contributed by atoms with Crippen LogP contribution in [0.3, 0.4) is 0 Å². The lowest BCUT2D eigenvalue weighted by atomic mass is 10.3. The second-order valence-corrected chi connectivity index (χ2v) is 4.52. The van der Waals surface area contributed by atoms with Gasteiger partial charge in [0.2, 0.25) is 5.75 Å². The summed E-state index contributed by atoms with van der Waals surface area (Å²) in [5, 5.41) is 11.3. The number of pyridine rings is 1. The second kappa shape index (κ2) is 5.32. The van der Waals surface area contributed by atoms with Crippen molar-refractivity contribution >= 4 is 33.2 Å². The third kappa shape index (κ3) is 2.60. The molecule has 0 aliphatic rings. The molecule has 92 valence electrons. The summed E-state index contributed by atoms with van der Waals surface area (Å²) in [5.74, 6) is 0.414. The Balaban J connectivity index is 2.46. The van der Waals surface area contributed by atoms with Crippen molar-refractivity contribution < 1.29 is 9.66 Å². The topological polar surface area (TPSA) is 65.3 Å². The molecule has 1 aromatic carbocycles. The van der Waals surface area contributed by atoms with Crippen LogP contribution in [-0.4, -0.2) is 9.91 Å². The van der Waals surface area contributed by atoms with Crippen molar-refractivity contribution in [3.05, 3.63) is 56.3 Å². The summed E-state index contributed by atoms with van der Waals surface area (Å²) >= 11 is 9.10. The largest absolute Gasteiger partial charge is 0.447 e. The summed E-state index contributed by atoms with van der Waals surface area (Å²) in [6.07, 6.45) is 2.54. The normalized spacial score (nSPS) is 10.1. The molecule has 18 heavy (non-hydrogen) atoms. The van der Waals surface area contributed by atoms with Gasteiger partial charge in [-0.15, -0.1) is 0 Å². The predicted octanol–water partition coefficient (Wildman–Crippen LogP) is 4.20. The number of hydrogen-bond donors (Lipinski definition) is 0. The molecule has 0 fully saturated rings. The molecular formula is C11H6BrClN2O3. The molecule has 2 rings (SSSR count). The number of benzene rings is 1. The van der Waals surface area contributed by atoms with Gasteiger partial charge >= 0.3 is 5.69 Å². The Bertz CT molecular complexity index is 607. The van der Waals surface area contributed by atoms with E-state index in [0.717, 1.165) is 6.20 Å². The van der Waals surface area contributed by atoms with E-state index in [1.807, 2.05) is 0 Å². The standard InChI is InChI=1S/C11H6BrClN2O3/c12-7-5-14-6-9(15(16)17)11(7)18-10-4-2-1-3-8(10)13/h1-6H. The number of ether oxygens (including phenoxy) is 1. The average molecular weight is 330 g/mol. The average Bonchev–Trinajstić information content (AvgIpc) is 2.34. The third-order valence-corrected chi connectivity index (χ3v) is 2.96. The van der Waals surface area contributed by atoms with Gasteiger partial charge in [0.25, 0.3) is 0 Å². The van der Waals surface area contributed by atoms with Crippen LogP contribution < -0.4 is 4.74 Å². The zero-order chi connectivity index (χ0) is 13.1. The summed E-state index contributed by atoms with van der Waals surface area (Å²) in [4.78, 5) is 14.0. The van der Waals surface area contributed by atoms with E-state index in [9.17, 15) is 10.1 Å². The molecule has 0 spiro atoms. The molecule has 1 heterocycles. The van der Waals surface area contributed by atoms with Crippen molar-refractivity contribution in [2.75, 3.05) is 0 Å². The van der Waals surface area contributed by atoms with Gasteiger partial charge < -0.3 is 4.74 Å². The Labute approximate surface area is 116 Å². The van der Waals surface area contributed by atoms with Gasteiger partial charge in [-0.25, -0.2) is 0 Å². The fourth-order valence-electron chi connectivity index (χ4n) is 1.28. The molecule has 7 heteroatoms. The van der Waals surface area contributed by atoms with Crippen LogP contribution in [0.25, 0.3) is 0 Å². The molecule has 0 unspecified atom stereocenters. The minimum atomic E-state index is -0.566. The Hall–Kier alpha value is -1.66. The van der Waals surface area contributed by atoms with Gasteiger partial charge in [-0.05, 0) is 28.1 Å². The van der Waals surface area contributed by atoms with Crippen molar-refractivity contribution in [1.29, 1.82) is 0 Å². The fraction of sp³-hybridized carbons (Fsp3) is 0. The highest BCUT2D eigenvalue weighted by Crippen LogP contribution is 2.39. The zero-order valence-corrected chi connectivity index (χ0v) is 11.2. The maximum atomic E-state index is 10.9. The van der Waals surface area contributed by atoms with Crippen LogP contribution in [0.4, 0.5) is 5.69 Å². The first kappa shape index (κ1) is 12.8. The molecule has 0 radical (unpaired) electrons. The van der Waals surface area contributed by atoms with Gasteiger partial charge in [-0.1, -0.05) is 23.7 Å². The van der Waals surface area contributed by atoms with Crippen LogP contribution in [0.15, 0.2) is 41.1 Å². The molecule has 0 bridgehead atoms. The lowest BCUT2D eigenvalue weighted by Crippen LogP contribution is -1.95. The van der Waals surface area contributed by atoms with Crippen LogP contribution in [0.5, 0.6) is 11.5 Å². The number of halogens is 2. The highest BCUT2D eigenvalue weighted by atomic mass is 79.9. The maximum absolute atomic E-state index is 10.9. The Morgan fingerprint density at radius 2 is 2.06 bits per heavy atom. The Kier molecular flexibility index (Phi) is 3.78. The molecule has 0 aliphatic carbocycles. The van der Waals surface area contributed by atoms with Gasteiger partial charge in [-0.3, -0.25) is 15.1 Å². The Morgan fingerprint density at radius 1 is 1.33 bits per heavy atom. The third-order valence-electron chi connectivity index (χ3n) is 2.08. The van der Waals surface area contributed by atoms with Crippen molar-refractivity contribution in [3.63, 3.8) is 0 Å². The Morgan fingerprint density at radius 3 is 2.72 bits per heavy atom. The van der Waals surface area contributed by atoms with E-state index in [2.05, 4.69) is 20.9 Å². The van der Waals surface area contributed by atoms with E-state index in [1.165, 1.54) is 6.20 Å². The van der Waals surface area contributed by atoms with Crippen LogP contribution in [0, 0.1) is 10.1 Å². The summed E-state index contributed by atoms with van der Waals surface area (Å²) in [7, 11) is 0. The van der Waals surface area contributed by atoms with Crippen molar-refractivity contribution in [2.24, 2.45) is 0 Å². The number of rotatable bonds is 3. The molecule has 0 saturated carbocycles. The van der Waals surface area contributed by atoms with E-state index in [1.54, 1.807) is 24.3 Å². The first-order valence-corrected chi connectivity index (χ1v) is 5.97. The van der Waals surface area contributed by atoms with E-state index >= 15 is 0 Å². The molecule has 2 aromatic rings.